The first-order chi connectivity index (χ1) is 20.9. The average Bonchev–Trinajstić information content (AvgIpc) is 3.49. The summed E-state index contributed by atoms with van der Waals surface area (Å²) in [5.74, 6) is 1.60. The standard InChI is InChI=1S/C33H44N8O2/c1-5-31(42)41-18-17-38(20-25(41)14-15-34)32-26-13-12-24(40-16-8-10-23-9-6-7-11-28(23)40)19-27(26)35-33(36-32)39-21-29(37(2)3)30(22-39)43-4/h5-7,9,11,24-25,29-30H,1,8,10,12-14,16-22H2,2-4H3/t24-,25+,29?,30?/m1/s1. The summed E-state index contributed by atoms with van der Waals surface area (Å²) in [6, 6.07) is 11.6. The fourth-order valence-corrected chi connectivity index (χ4v) is 7.56. The number of carbonyl (C=O) groups is 1. The third kappa shape index (κ3) is 5.68. The summed E-state index contributed by atoms with van der Waals surface area (Å²) in [7, 11) is 5.98. The Morgan fingerprint density at radius 3 is 2.72 bits per heavy atom. The number of methoxy groups -OCH3 is 1. The average molecular weight is 585 g/mol. The number of rotatable bonds is 7. The summed E-state index contributed by atoms with van der Waals surface area (Å²) >= 11 is 0. The molecule has 2 aromatic rings. The molecule has 3 aliphatic heterocycles. The number of nitriles is 1. The topological polar surface area (TPSA) is 92.1 Å². The maximum Gasteiger partial charge on any atom is 0.246 e. The zero-order chi connectivity index (χ0) is 30.1. The van der Waals surface area contributed by atoms with Gasteiger partial charge in [0.1, 0.15) is 5.82 Å². The number of carbonyl (C=O) groups excluding carboxylic acids is 1. The van der Waals surface area contributed by atoms with Gasteiger partial charge in [0.05, 0.1) is 36.4 Å². The normalized spacial score (nSPS) is 25.4. The molecule has 1 aromatic carbocycles. The number of anilines is 3. The third-order valence-electron chi connectivity index (χ3n) is 9.86. The van der Waals surface area contributed by atoms with Crippen LogP contribution in [0.5, 0.6) is 0 Å². The van der Waals surface area contributed by atoms with Crippen molar-refractivity contribution in [3.8, 4) is 6.07 Å². The van der Waals surface area contributed by atoms with Crippen LogP contribution in [0.1, 0.15) is 36.1 Å². The lowest BCUT2D eigenvalue weighted by atomic mass is 9.88. The largest absolute Gasteiger partial charge is 0.378 e. The Balaban J connectivity index is 1.35. The fraction of sp³-hybridized carbons (Fsp3) is 0.576. The van der Waals surface area contributed by atoms with Gasteiger partial charge in [0, 0.05) is 70.1 Å². The molecule has 2 saturated heterocycles. The third-order valence-corrected chi connectivity index (χ3v) is 9.86. The Bertz CT molecular complexity index is 1390. The van der Waals surface area contributed by atoms with E-state index in [1.165, 1.54) is 29.3 Å². The van der Waals surface area contributed by atoms with Gasteiger partial charge in [-0.3, -0.25) is 4.79 Å². The first kappa shape index (κ1) is 29.4. The summed E-state index contributed by atoms with van der Waals surface area (Å²) in [6.45, 7) is 8.05. The van der Waals surface area contributed by atoms with Crippen LogP contribution in [0.4, 0.5) is 17.5 Å². The molecule has 0 bridgehead atoms. The minimum atomic E-state index is -0.206. The van der Waals surface area contributed by atoms with Gasteiger partial charge in [-0.1, -0.05) is 24.8 Å². The molecule has 2 unspecified atom stereocenters. The first-order valence-corrected chi connectivity index (χ1v) is 15.6. The highest BCUT2D eigenvalue weighted by Gasteiger charge is 2.39. The number of piperazine rings is 1. The predicted molar refractivity (Wildman–Crippen MR) is 169 cm³/mol. The Kier molecular flexibility index (Phi) is 8.55. The maximum absolute atomic E-state index is 12.6. The molecule has 43 heavy (non-hydrogen) atoms. The smallest absolute Gasteiger partial charge is 0.246 e. The summed E-state index contributed by atoms with van der Waals surface area (Å²) in [5.41, 5.74) is 5.16. The highest BCUT2D eigenvalue weighted by atomic mass is 16.5. The molecule has 4 aliphatic rings. The molecule has 10 heteroatoms. The molecule has 4 atom stereocenters. The number of fused-ring (bicyclic) bond motifs is 2. The van der Waals surface area contributed by atoms with Crippen molar-refractivity contribution in [1.29, 1.82) is 5.26 Å². The number of hydrogen-bond donors (Lipinski definition) is 0. The van der Waals surface area contributed by atoms with E-state index >= 15 is 0 Å². The summed E-state index contributed by atoms with van der Waals surface area (Å²) in [5, 5.41) is 9.58. The minimum absolute atomic E-state index is 0.0733. The van der Waals surface area contributed by atoms with Crippen LogP contribution < -0.4 is 14.7 Å². The highest BCUT2D eigenvalue weighted by Crippen LogP contribution is 2.37. The van der Waals surface area contributed by atoms with Crippen molar-refractivity contribution in [2.45, 2.75) is 62.8 Å². The van der Waals surface area contributed by atoms with Gasteiger partial charge in [0.2, 0.25) is 11.9 Å². The van der Waals surface area contributed by atoms with E-state index in [-0.39, 0.29) is 30.5 Å². The van der Waals surface area contributed by atoms with Crippen LogP contribution in [0.3, 0.4) is 0 Å². The lowest BCUT2D eigenvalue weighted by Gasteiger charge is -2.43. The monoisotopic (exact) mass is 584 g/mol. The van der Waals surface area contributed by atoms with Crippen LogP contribution in [0.15, 0.2) is 36.9 Å². The van der Waals surface area contributed by atoms with Crippen molar-refractivity contribution in [1.82, 2.24) is 19.8 Å². The van der Waals surface area contributed by atoms with E-state index in [1.54, 1.807) is 12.0 Å². The van der Waals surface area contributed by atoms with Crippen molar-refractivity contribution < 1.29 is 9.53 Å². The molecule has 1 aliphatic carbocycles. The number of para-hydroxylation sites is 1. The molecule has 0 saturated carbocycles. The van der Waals surface area contributed by atoms with Crippen LogP contribution in [0.25, 0.3) is 0 Å². The van der Waals surface area contributed by atoms with Gasteiger partial charge in [0.25, 0.3) is 0 Å². The van der Waals surface area contributed by atoms with E-state index in [0.29, 0.717) is 25.7 Å². The van der Waals surface area contributed by atoms with Crippen LogP contribution >= 0.6 is 0 Å². The molecule has 2 fully saturated rings. The molecular formula is C33H44N8O2. The molecule has 1 aromatic heterocycles. The van der Waals surface area contributed by atoms with Crippen molar-refractivity contribution in [3.05, 3.63) is 53.7 Å². The molecular weight excluding hydrogens is 540 g/mol. The van der Waals surface area contributed by atoms with Crippen molar-refractivity contribution in [2.75, 3.05) is 75.2 Å². The Morgan fingerprint density at radius 2 is 1.98 bits per heavy atom. The number of likely N-dealkylation sites (N-methyl/N-ethyl adjacent to an activating group) is 1. The molecule has 4 heterocycles. The van der Waals surface area contributed by atoms with E-state index in [9.17, 15) is 10.1 Å². The van der Waals surface area contributed by atoms with Crippen LogP contribution in [-0.4, -0.2) is 110 Å². The number of nitrogens with zero attached hydrogens (tertiary/aromatic N) is 8. The van der Waals surface area contributed by atoms with E-state index in [0.717, 1.165) is 62.8 Å². The SMILES string of the molecule is C=CC(=O)N1CCN(c2nc(N3CC(OC)C(N(C)C)C3)nc3c2CC[C@@H](N2CCCc4ccccc42)C3)C[C@@H]1CC#N. The number of aromatic nitrogens is 2. The quantitative estimate of drug-likeness (QED) is 0.456. The Labute approximate surface area is 255 Å². The molecule has 1 amide bonds. The van der Waals surface area contributed by atoms with Crippen molar-refractivity contribution >= 4 is 23.4 Å². The van der Waals surface area contributed by atoms with Gasteiger partial charge in [-0.2, -0.15) is 10.2 Å². The number of aryl methyl sites for hydroxylation is 1. The van der Waals surface area contributed by atoms with Crippen LogP contribution in [-0.2, 0) is 28.8 Å². The zero-order valence-corrected chi connectivity index (χ0v) is 25.8. The van der Waals surface area contributed by atoms with Gasteiger partial charge in [-0.25, -0.2) is 4.98 Å². The lowest BCUT2D eigenvalue weighted by molar-refractivity contribution is -0.128. The zero-order valence-electron chi connectivity index (χ0n) is 25.8. The summed E-state index contributed by atoms with van der Waals surface area (Å²) < 4.78 is 5.88. The number of benzene rings is 1. The second kappa shape index (κ2) is 12.5. The van der Waals surface area contributed by atoms with Crippen LogP contribution in [0, 0.1) is 11.3 Å². The van der Waals surface area contributed by atoms with Gasteiger partial charge in [0.15, 0.2) is 0 Å². The second-order valence-corrected chi connectivity index (χ2v) is 12.5. The van der Waals surface area contributed by atoms with Crippen LogP contribution in [0.2, 0.25) is 0 Å². The maximum atomic E-state index is 12.6. The summed E-state index contributed by atoms with van der Waals surface area (Å²) in [6.07, 6.45) is 6.84. The molecule has 6 rings (SSSR count). The molecule has 0 N–H and O–H groups in total. The number of hydrogen-bond acceptors (Lipinski definition) is 9. The lowest BCUT2D eigenvalue weighted by Crippen LogP contribution is -2.55. The Hall–Kier alpha value is -3.68. The van der Waals surface area contributed by atoms with E-state index in [2.05, 4.69) is 70.6 Å². The molecule has 0 spiro atoms. The van der Waals surface area contributed by atoms with E-state index in [4.69, 9.17) is 14.7 Å². The Morgan fingerprint density at radius 1 is 1.14 bits per heavy atom. The van der Waals surface area contributed by atoms with Gasteiger partial charge >= 0.3 is 0 Å². The second-order valence-electron chi connectivity index (χ2n) is 12.5. The van der Waals surface area contributed by atoms with E-state index in [1.807, 2.05) is 0 Å². The van der Waals surface area contributed by atoms with Crippen molar-refractivity contribution in [2.24, 2.45) is 0 Å². The number of amides is 1. The van der Waals surface area contributed by atoms with E-state index < -0.39 is 0 Å². The summed E-state index contributed by atoms with van der Waals surface area (Å²) in [4.78, 5) is 34.3. The molecule has 228 valence electrons. The highest BCUT2D eigenvalue weighted by molar-refractivity contribution is 5.87. The van der Waals surface area contributed by atoms with Gasteiger partial charge < -0.3 is 29.2 Å². The fourth-order valence-electron chi connectivity index (χ4n) is 7.56. The first-order valence-electron chi connectivity index (χ1n) is 15.6. The minimum Gasteiger partial charge on any atom is -0.378 e. The predicted octanol–water partition coefficient (Wildman–Crippen LogP) is 2.67. The van der Waals surface area contributed by atoms with Crippen molar-refractivity contribution in [3.63, 3.8) is 0 Å². The molecule has 10 nitrogen and oxygen atoms in total. The molecule has 0 radical (unpaired) electrons. The van der Waals surface area contributed by atoms with Gasteiger partial charge in [-0.05, 0) is 57.5 Å². The van der Waals surface area contributed by atoms with Gasteiger partial charge in [-0.15, -0.1) is 0 Å². The number of ether oxygens (including phenoxy) is 1.